The van der Waals surface area contributed by atoms with Crippen molar-refractivity contribution in [1.82, 2.24) is 4.90 Å². The standard InChI is InChI=1S/C19H19NO3/c1-12(17-11-13-6-3-4-9-16(13)17)20(2)18(21)14-7-5-8-15(10-14)19(22)23/h3-10,12,17H,11H2,1-2H3,(H,22,23). The Hall–Kier alpha value is -2.62. The Balaban J connectivity index is 1.78. The quantitative estimate of drug-likeness (QED) is 0.943. The zero-order valence-corrected chi connectivity index (χ0v) is 13.2. The molecule has 0 fully saturated rings. The van der Waals surface area contributed by atoms with Crippen LogP contribution in [0.3, 0.4) is 0 Å². The summed E-state index contributed by atoms with van der Waals surface area (Å²) in [7, 11) is 1.78. The molecule has 0 saturated heterocycles. The van der Waals surface area contributed by atoms with E-state index in [-0.39, 0.29) is 17.5 Å². The van der Waals surface area contributed by atoms with Gasteiger partial charge in [-0.15, -0.1) is 0 Å². The second-order valence-electron chi connectivity index (χ2n) is 6.05. The van der Waals surface area contributed by atoms with Crippen LogP contribution in [0.4, 0.5) is 0 Å². The SMILES string of the molecule is CC(C1Cc2ccccc21)N(C)C(=O)c1cccc(C(=O)O)c1. The van der Waals surface area contributed by atoms with E-state index in [4.69, 9.17) is 5.11 Å². The molecule has 0 spiro atoms. The number of carboxylic acids is 1. The highest BCUT2D eigenvalue weighted by Gasteiger charge is 2.34. The van der Waals surface area contributed by atoms with E-state index in [0.29, 0.717) is 11.5 Å². The topological polar surface area (TPSA) is 57.6 Å². The van der Waals surface area contributed by atoms with E-state index < -0.39 is 5.97 Å². The molecule has 0 aromatic heterocycles. The minimum absolute atomic E-state index is 0.0610. The fourth-order valence-electron chi connectivity index (χ4n) is 3.17. The number of carbonyl (C=O) groups is 2. The van der Waals surface area contributed by atoms with Crippen molar-refractivity contribution >= 4 is 11.9 Å². The van der Waals surface area contributed by atoms with E-state index in [2.05, 4.69) is 12.1 Å². The summed E-state index contributed by atoms with van der Waals surface area (Å²) in [6.07, 6.45) is 0.976. The molecule has 1 amide bonds. The first-order valence-electron chi connectivity index (χ1n) is 7.67. The van der Waals surface area contributed by atoms with Gasteiger partial charge in [0.15, 0.2) is 0 Å². The van der Waals surface area contributed by atoms with Gasteiger partial charge in [0.25, 0.3) is 5.91 Å². The van der Waals surface area contributed by atoms with Crippen LogP contribution in [-0.2, 0) is 6.42 Å². The van der Waals surface area contributed by atoms with Gasteiger partial charge in [0, 0.05) is 24.6 Å². The molecular weight excluding hydrogens is 290 g/mol. The lowest BCUT2D eigenvalue weighted by Gasteiger charge is -2.39. The van der Waals surface area contributed by atoms with Gasteiger partial charge in [0.05, 0.1) is 5.56 Å². The Bertz CT molecular complexity index is 769. The van der Waals surface area contributed by atoms with Crippen molar-refractivity contribution < 1.29 is 14.7 Å². The summed E-state index contributed by atoms with van der Waals surface area (Å²) in [5.74, 6) is -0.837. The van der Waals surface area contributed by atoms with Gasteiger partial charge in [0.2, 0.25) is 0 Å². The predicted molar refractivity (Wildman–Crippen MR) is 87.8 cm³/mol. The van der Waals surface area contributed by atoms with Crippen LogP contribution in [0, 0.1) is 0 Å². The molecule has 0 radical (unpaired) electrons. The highest BCUT2D eigenvalue weighted by Crippen LogP contribution is 2.38. The van der Waals surface area contributed by atoms with Crippen LogP contribution in [0.1, 0.15) is 44.7 Å². The second kappa shape index (κ2) is 5.88. The molecule has 4 heteroatoms. The molecular formula is C19H19NO3. The third-order valence-electron chi connectivity index (χ3n) is 4.76. The van der Waals surface area contributed by atoms with Crippen molar-refractivity contribution in [1.29, 1.82) is 0 Å². The molecule has 118 valence electrons. The van der Waals surface area contributed by atoms with E-state index >= 15 is 0 Å². The Morgan fingerprint density at radius 2 is 1.83 bits per heavy atom. The number of amides is 1. The molecule has 0 bridgehead atoms. The van der Waals surface area contributed by atoms with Crippen LogP contribution in [-0.4, -0.2) is 35.0 Å². The molecule has 0 aliphatic heterocycles. The number of likely N-dealkylation sites (N-methyl/N-ethyl adjacent to an activating group) is 1. The summed E-state index contributed by atoms with van der Waals surface area (Å²) in [5, 5.41) is 9.06. The lowest BCUT2D eigenvalue weighted by molar-refractivity contribution is 0.0697. The molecule has 2 atom stereocenters. The van der Waals surface area contributed by atoms with Crippen molar-refractivity contribution in [2.45, 2.75) is 25.3 Å². The van der Waals surface area contributed by atoms with E-state index in [1.54, 1.807) is 24.1 Å². The van der Waals surface area contributed by atoms with Gasteiger partial charge >= 0.3 is 5.97 Å². The van der Waals surface area contributed by atoms with Crippen molar-refractivity contribution in [3.05, 3.63) is 70.8 Å². The van der Waals surface area contributed by atoms with Gasteiger partial charge in [-0.25, -0.2) is 4.79 Å². The molecule has 2 aromatic carbocycles. The van der Waals surface area contributed by atoms with Gasteiger partial charge < -0.3 is 10.0 Å². The van der Waals surface area contributed by atoms with Crippen molar-refractivity contribution in [3.63, 3.8) is 0 Å². The molecule has 1 aliphatic carbocycles. The maximum Gasteiger partial charge on any atom is 0.335 e. The zero-order valence-electron chi connectivity index (χ0n) is 13.2. The first-order valence-corrected chi connectivity index (χ1v) is 7.67. The predicted octanol–water partition coefficient (Wildman–Crippen LogP) is 3.19. The van der Waals surface area contributed by atoms with Crippen LogP contribution >= 0.6 is 0 Å². The molecule has 3 rings (SSSR count). The van der Waals surface area contributed by atoms with Gasteiger partial charge in [-0.2, -0.15) is 0 Å². The largest absolute Gasteiger partial charge is 0.478 e. The Morgan fingerprint density at radius 1 is 1.13 bits per heavy atom. The van der Waals surface area contributed by atoms with E-state index in [1.807, 2.05) is 19.1 Å². The number of hydrogen-bond donors (Lipinski definition) is 1. The minimum atomic E-state index is -1.02. The average Bonchev–Trinajstić information content (AvgIpc) is 2.54. The van der Waals surface area contributed by atoms with Gasteiger partial charge in [0.1, 0.15) is 0 Å². The number of fused-ring (bicyclic) bond motifs is 1. The monoisotopic (exact) mass is 309 g/mol. The summed E-state index contributed by atoms with van der Waals surface area (Å²) < 4.78 is 0. The number of carboxylic acid groups (broad SMARTS) is 1. The number of hydrogen-bond acceptors (Lipinski definition) is 2. The fraction of sp³-hybridized carbons (Fsp3) is 0.263. The second-order valence-corrected chi connectivity index (χ2v) is 6.05. The third-order valence-corrected chi connectivity index (χ3v) is 4.76. The maximum absolute atomic E-state index is 12.7. The summed E-state index contributed by atoms with van der Waals surface area (Å²) in [5.41, 5.74) is 3.19. The number of carbonyl (C=O) groups excluding carboxylic acids is 1. The fourth-order valence-corrected chi connectivity index (χ4v) is 3.17. The normalized spacial score (nSPS) is 16.9. The lowest BCUT2D eigenvalue weighted by Crippen LogP contribution is -2.42. The van der Waals surface area contributed by atoms with Crippen molar-refractivity contribution in [2.24, 2.45) is 0 Å². The highest BCUT2D eigenvalue weighted by molar-refractivity contribution is 5.97. The van der Waals surface area contributed by atoms with E-state index in [0.717, 1.165) is 6.42 Å². The summed E-state index contributed by atoms with van der Waals surface area (Å²) in [6.45, 7) is 2.04. The first-order chi connectivity index (χ1) is 11.0. The van der Waals surface area contributed by atoms with Gasteiger partial charge in [-0.1, -0.05) is 30.3 Å². The number of rotatable bonds is 4. The van der Waals surface area contributed by atoms with Crippen LogP contribution in [0.2, 0.25) is 0 Å². The Labute approximate surface area is 135 Å². The Morgan fingerprint density at radius 3 is 2.52 bits per heavy atom. The third kappa shape index (κ3) is 2.72. The molecule has 0 saturated carbocycles. The van der Waals surface area contributed by atoms with Gasteiger partial charge in [-0.3, -0.25) is 4.79 Å². The Kier molecular flexibility index (Phi) is 3.90. The minimum Gasteiger partial charge on any atom is -0.478 e. The van der Waals surface area contributed by atoms with Crippen molar-refractivity contribution in [3.8, 4) is 0 Å². The molecule has 0 heterocycles. The summed E-state index contributed by atoms with van der Waals surface area (Å²) in [4.78, 5) is 25.4. The summed E-state index contributed by atoms with van der Waals surface area (Å²) in [6, 6.07) is 14.5. The molecule has 23 heavy (non-hydrogen) atoms. The smallest absolute Gasteiger partial charge is 0.335 e. The number of nitrogens with zero attached hydrogens (tertiary/aromatic N) is 1. The molecule has 1 aliphatic rings. The summed E-state index contributed by atoms with van der Waals surface area (Å²) >= 11 is 0. The van der Waals surface area contributed by atoms with Crippen LogP contribution in [0.25, 0.3) is 0 Å². The lowest BCUT2D eigenvalue weighted by atomic mass is 9.73. The first kappa shape index (κ1) is 15.3. The molecule has 4 nitrogen and oxygen atoms in total. The molecule has 2 aromatic rings. The van der Waals surface area contributed by atoms with Gasteiger partial charge in [-0.05, 0) is 42.7 Å². The number of benzene rings is 2. The molecule has 2 unspecified atom stereocenters. The van der Waals surface area contributed by atoms with Crippen molar-refractivity contribution in [2.75, 3.05) is 7.05 Å². The zero-order chi connectivity index (χ0) is 16.6. The van der Waals surface area contributed by atoms with E-state index in [1.165, 1.54) is 23.3 Å². The van der Waals surface area contributed by atoms with Crippen LogP contribution in [0.5, 0.6) is 0 Å². The van der Waals surface area contributed by atoms with Crippen LogP contribution < -0.4 is 0 Å². The van der Waals surface area contributed by atoms with Crippen LogP contribution in [0.15, 0.2) is 48.5 Å². The highest BCUT2D eigenvalue weighted by atomic mass is 16.4. The maximum atomic E-state index is 12.7. The van der Waals surface area contributed by atoms with E-state index in [9.17, 15) is 9.59 Å². The molecule has 1 N–H and O–H groups in total. The number of aromatic carboxylic acids is 1. The average molecular weight is 309 g/mol.